The van der Waals surface area contributed by atoms with E-state index in [9.17, 15) is 41.6 Å². The van der Waals surface area contributed by atoms with Gasteiger partial charge < -0.3 is 41.1 Å². The average Bonchev–Trinajstić information content (AvgIpc) is 1.32. The largest absolute Gasteiger partial charge is 0.492 e. The number of aliphatic hydroxyl groups excluding tert-OH is 1. The van der Waals surface area contributed by atoms with E-state index in [4.69, 9.17) is 16.2 Å². The number of aromatic amines is 1. The summed E-state index contributed by atoms with van der Waals surface area (Å²) in [6.45, 7) is 13.1. The molecule has 7 N–H and O–H groups in total. The number of alkyl halides is 3. The molecule has 5 aromatic heterocycles. The van der Waals surface area contributed by atoms with Gasteiger partial charge >= 0.3 is 6.18 Å². The minimum Gasteiger partial charge on any atom is -0.492 e. The Morgan fingerprint density at radius 1 is 0.696 bits per heavy atom. The van der Waals surface area contributed by atoms with E-state index in [0.717, 1.165) is 113 Å². The number of aryl methyl sites for hydroxylation is 1. The van der Waals surface area contributed by atoms with Crippen molar-refractivity contribution in [2.75, 3.05) is 90.9 Å². The third-order valence-electron chi connectivity index (χ3n) is 19.9. The topological polar surface area (TPSA) is 281 Å². The number of β-amino-alcohol motifs (C(OH)–C–C–N with tert-alkyl or cyclic N) is 1. The molecule has 3 saturated heterocycles. The Bertz CT molecular complexity index is 5340. The molecule has 14 rings (SSSR count). The Balaban J connectivity index is 0.000000156. The second-order valence-electron chi connectivity index (χ2n) is 29.0. The number of benzene rings is 5. The molecule has 1 amide bonds. The third kappa shape index (κ3) is 22.3. The molecule has 26 heteroatoms. The second-order valence-corrected chi connectivity index (χ2v) is 32.2. The number of aromatic nitrogens is 8. The lowest BCUT2D eigenvalue weighted by Crippen LogP contribution is -2.31. The van der Waals surface area contributed by atoms with Gasteiger partial charge in [-0.25, -0.2) is 24.3 Å². The number of H-pyrrole nitrogens is 1. The number of carbonyl (C=O) groups excluding carboxylic acids is 3. The van der Waals surface area contributed by atoms with Gasteiger partial charge in [0.1, 0.15) is 36.7 Å². The number of rotatable bonds is 20. The summed E-state index contributed by atoms with van der Waals surface area (Å²) in [6, 6.07) is 34.5. The number of fused-ring (bicyclic) bond motifs is 1. The number of aliphatic hydroxyl groups is 1. The van der Waals surface area contributed by atoms with Crippen molar-refractivity contribution in [1.82, 2.24) is 59.7 Å². The second kappa shape index (κ2) is 36.8. The molecule has 0 unspecified atom stereocenters. The first kappa shape index (κ1) is 80.4. The van der Waals surface area contributed by atoms with Gasteiger partial charge in [-0.15, -0.1) is 5.10 Å². The Kier molecular flexibility index (Phi) is 26.4. The molecule has 10 aromatic rings. The molecule has 3 aliphatic heterocycles. The number of halogens is 4. The fourth-order valence-corrected chi connectivity index (χ4v) is 14.6. The number of nitrogens with one attached hydrogen (secondary N) is 2. The lowest BCUT2D eigenvalue weighted by Gasteiger charge is -2.20. The summed E-state index contributed by atoms with van der Waals surface area (Å²) in [5.41, 5.74) is 22.8. The van der Waals surface area contributed by atoms with Crippen molar-refractivity contribution in [2.45, 2.75) is 102 Å². The molecule has 0 spiro atoms. The Labute approximate surface area is 648 Å². The molecule has 0 bridgehead atoms. The van der Waals surface area contributed by atoms with Gasteiger partial charge in [0, 0.05) is 145 Å². The van der Waals surface area contributed by atoms with E-state index in [2.05, 4.69) is 121 Å². The zero-order valence-electron chi connectivity index (χ0n) is 63.1. The van der Waals surface area contributed by atoms with Crippen molar-refractivity contribution in [3.8, 4) is 41.3 Å². The Hall–Kier alpha value is -11.2. The first-order chi connectivity index (χ1) is 53.8. The summed E-state index contributed by atoms with van der Waals surface area (Å²) in [7, 11) is 1.49. The van der Waals surface area contributed by atoms with Gasteiger partial charge in [-0.2, -0.15) is 18.3 Å². The number of imidazole rings is 1. The number of likely N-dealkylation sites (tertiary alicyclic amines) is 3. The van der Waals surface area contributed by atoms with Crippen LogP contribution in [0.3, 0.4) is 0 Å². The molecule has 1 aliphatic carbocycles. The maximum absolute atomic E-state index is 15.0. The van der Waals surface area contributed by atoms with Crippen molar-refractivity contribution in [1.29, 1.82) is 0 Å². The van der Waals surface area contributed by atoms with E-state index >= 15 is 0 Å². The summed E-state index contributed by atoms with van der Waals surface area (Å²) >= 11 is 0. The van der Waals surface area contributed by atoms with Crippen molar-refractivity contribution in [3.05, 3.63) is 253 Å². The quantitative estimate of drug-likeness (QED) is 0.0205. The van der Waals surface area contributed by atoms with Gasteiger partial charge in [0.15, 0.2) is 17.2 Å². The number of hydrogen-bond acceptors (Lipinski definition) is 19. The summed E-state index contributed by atoms with van der Waals surface area (Å²) in [6.07, 6.45) is 9.36. The van der Waals surface area contributed by atoms with Crippen LogP contribution in [-0.2, 0) is 43.2 Å². The summed E-state index contributed by atoms with van der Waals surface area (Å²) in [5.74, 6) is 17.4. The molecule has 576 valence electrons. The van der Waals surface area contributed by atoms with Crippen LogP contribution in [0.2, 0.25) is 0 Å². The lowest BCUT2D eigenvalue weighted by atomic mass is 9.97. The van der Waals surface area contributed by atoms with Crippen LogP contribution < -0.4 is 26.8 Å². The minimum atomic E-state index is -4.60. The third-order valence-corrected chi connectivity index (χ3v) is 21.4. The predicted molar refractivity (Wildman–Crippen MR) is 424 cm³/mol. The number of Topliss-reactive ketones (excluding diaryl/α,β-unsaturated/α-hetero) is 2. The summed E-state index contributed by atoms with van der Waals surface area (Å²) in [5, 5.41) is 20.7. The van der Waals surface area contributed by atoms with Crippen LogP contribution in [0.4, 0.5) is 29.2 Å². The van der Waals surface area contributed by atoms with Crippen molar-refractivity contribution in [2.24, 2.45) is 5.73 Å². The molecule has 2 atom stereocenters. The highest BCUT2D eigenvalue weighted by molar-refractivity contribution is 7.70. The van der Waals surface area contributed by atoms with Gasteiger partial charge in [0.05, 0.1) is 35.4 Å². The van der Waals surface area contributed by atoms with Crippen LogP contribution in [0.25, 0.3) is 11.2 Å². The van der Waals surface area contributed by atoms with Gasteiger partial charge in [0.2, 0.25) is 5.95 Å². The van der Waals surface area contributed by atoms with Crippen LogP contribution in [-0.4, -0.2) is 174 Å². The first-order valence-electron chi connectivity index (χ1n) is 37.2. The number of ether oxygens (including phenoxy) is 1. The van der Waals surface area contributed by atoms with Crippen LogP contribution in [0, 0.1) is 48.3 Å². The van der Waals surface area contributed by atoms with Gasteiger partial charge in [-0.1, -0.05) is 66.1 Å². The van der Waals surface area contributed by atoms with E-state index in [1.54, 1.807) is 92.8 Å². The number of likely N-dealkylation sites (N-methyl/N-ethyl adjacent to an activating group) is 1. The highest BCUT2D eigenvalue weighted by atomic mass is 31.2. The van der Waals surface area contributed by atoms with E-state index < -0.39 is 18.9 Å². The minimum absolute atomic E-state index is 0.00585. The van der Waals surface area contributed by atoms with Crippen LogP contribution in [0.15, 0.2) is 152 Å². The molecule has 0 radical (unpaired) electrons. The van der Waals surface area contributed by atoms with E-state index in [1.165, 1.54) is 35.5 Å². The molecule has 5 aromatic carbocycles. The molecule has 112 heavy (non-hydrogen) atoms. The highest BCUT2D eigenvalue weighted by Gasteiger charge is 2.36. The fourth-order valence-electron chi connectivity index (χ4n) is 13.5. The number of carbonyl (C=O) groups is 3. The number of ketones is 2. The predicted octanol–water partition coefficient (Wildman–Crippen LogP) is 11.4. The number of amides is 1. The zero-order chi connectivity index (χ0) is 79.1. The molecular formula is C86H88F4N15O6P. The molecule has 1 saturated carbocycles. The van der Waals surface area contributed by atoms with Crippen LogP contribution in [0.1, 0.15) is 154 Å². The lowest BCUT2D eigenvalue weighted by molar-refractivity contribution is -0.139. The SMILES string of the molecule is CN(C)[C@@H]1CCN(Cc2ccc(CC(=O)c3ccc(P(C)(C)=O)c(C#Cc4cnc5nc[nH]c5c4)c3)cc2F)C1.Cc1ccc(C(=O)Cc2ccc(OCCN3CCCC3)c(C(F)(F)F)c2)cc1C#Cc1cnnc(N)n1.NCc1ccc(C#Cc2cc(NC(=O)c3ccc(CN4CC[C@@H](O)C4)c(C4CC4)c3)ccn2)cn1. The summed E-state index contributed by atoms with van der Waals surface area (Å²) in [4.78, 5) is 72.0. The van der Waals surface area contributed by atoms with Crippen LogP contribution >= 0.6 is 7.14 Å². The molecule has 21 nitrogen and oxygen atoms in total. The van der Waals surface area contributed by atoms with Crippen molar-refractivity contribution < 1.29 is 46.4 Å². The standard InChI is InChI=1S/C31H33FN5O2P.C28H29N5O2.C27H26F3N5O2/c1-36(2)26-11-12-37(19-26)18-25-8-5-21(13-27(25)32)15-29(38)23-9-10-30(40(3,4)39)24(16-23)7-6-22-14-28-31(33-17-22)35-20-34-28;29-15-25-8-2-19(16-31-25)1-7-23-14-24(9-11-30-23)32-28(35)21-5-6-22(27(13-21)20-3-4-20)17-33-12-10-26(34)18-33;1-18-4-6-21(16-20(18)7-8-22-17-32-34-26(31)33-22)24(36)15-19-5-9-25(23(14-19)27(28,29)30)37-13-12-35-10-2-3-11-35/h5,8-10,13-14,16-17,20,26H,11-12,15,18-19H2,1-4H3,(H,33,34,35);2,5-6,8-9,11,13-14,16,20,26,34H,3-4,10,12,15,17-18,29H2,(H,30,32,35);4-6,9,14,16-17H,2-3,10-13,15H2,1H3,(H2,31,33,34)/t2*26-;/m11./s1. The van der Waals surface area contributed by atoms with E-state index in [0.29, 0.717) is 104 Å². The normalized spacial score (nSPS) is 15.7. The smallest absolute Gasteiger partial charge is 0.419 e. The number of pyridine rings is 3. The number of nitrogen functional groups attached to an aromatic ring is 1. The Morgan fingerprint density at radius 3 is 2.08 bits per heavy atom. The number of nitrogens with two attached hydrogens (primary N) is 2. The van der Waals surface area contributed by atoms with Gasteiger partial charge in [-0.3, -0.25) is 34.1 Å². The van der Waals surface area contributed by atoms with E-state index in [1.807, 2.05) is 43.3 Å². The van der Waals surface area contributed by atoms with Gasteiger partial charge in [0.25, 0.3) is 5.91 Å². The summed E-state index contributed by atoms with van der Waals surface area (Å²) < 4.78 is 74.7. The number of hydrogen-bond donors (Lipinski definition) is 5. The first-order valence-corrected chi connectivity index (χ1v) is 39.8. The average molecular weight is 1530 g/mol. The fraction of sp³-hybridized carbons (Fsp3) is 0.326. The molecule has 8 heterocycles. The monoisotopic (exact) mass is 1530 g/mol. The maximum Gasteiger partial charge on any atom is 0.419 e. The molecule has 4 aliphatic rings. The highest BCUT2D eigenvalue weighted by Crippen LogP contribution is 2.43. The zero-order valence-corrected chi connectivity index (χ0v) is 64.0. The van der Waals surface area contributed by atoms with E-state index in [-0.39, 0.29) is 66.1 Å². The maximum atomic E-state index is 15.0. The number of anilines is 2. The molecular weight excluding hydrogens is 1450 g/mol. The molecule has 4 fully saturated rings. The van der Waals surface area contributed by atoms with Crippen molar-refractivity contribution >= 4 is 52.7 Å². The van der Waals surface area contributed by atoms with Crippen molar-refractivity contribution in [3.63, 3.8) is 0 Å². The van der Waals surface area contributed by atoms with Crippen LogP contribution in [0.5, 0.6) is 5.75 Å². The van der Waals surface area contributed by atoms with Gasteiger partial charge in [-0.05, 0) is 210 Å². The Morgan fingerprint density at radius 2 is 1.38 bits per heavy atom. The number of nitrogens with zero attached hydrogens (tertiary/aromatic N) is 11.